The second-order valence-electron chi connectivity index (χ2n) is 11.8. The molecule has 43 heavy (non-hydrogen) atoms. The highest BCUT2D eigenvalue weighted by atomic mass is 16.2. The van der Waals surface area contributed by atoms with Gasteiger partial charge in [0.25, 0.3) is 11.8 Å². The van der Waals surface area contributed by atoms with Crippen molar-refractivity contribution >= 4 is 51.6 Å². The van der Waals surface area contributed by atoms with Crippen LogP contribution in [0.4, 0.5) is 39.8 Å². The van der Waals surface area contributed by atoms with Gasteiger partial charge in [0.2, 0.25) is 0 Å². The van der Waals surface area contributed by atoms with E-state index in [0.29, 0.717) is 11.1 Å². The zero-order chi connectivity index (χ0) is 29.8. The molecular weight excluding hydrogens is 530 g/mol. The summed E-state index contributed by atoms with van der Waals surface area (Å²) in [5, 5.41) is 0. The average molecular weight is 564 g/mol. The van der Waals surface area contributed by atoms with Crippen LogP contribution in [-0.2, 0) is 0 Å². The van der Waals surface area contributed by atoms with Crippen molar-refractivity contribution in [2.45, 2.75) is 39.5 Å². The van der Waals surface area contributed by atoms with E-state index in [-0.39, 0.29) is 23.7 Å². The van der Waals surface area contributed by atoms with E-state index in [1.807, 2.05) is 78.9 Å². The van der Waals surface area contributed by atoms with Gasteiger partial charge in [-0.3, -0.25) is 9.59 Å². The number of hydrogen-bond acceptors (Lipinski definition) is 4. The smallest absolute Gasteiger partial charge is 0.266 e. The topological polar surface area (TPSA) is 43.9 Å². The Morgan fingerprint density at radius 3 is 1.42 bits per heavy atom. The molecule has 0 radical (unpaired) electrons. The van der Waals surface area contributed by atoms with E-state index in [1.54, 1.807) is 0 Å². The molecule has 2 aliphatic rings. The van der Waals surface area contributed by atoms with Crippen molar-refractivity contribution in [1.29, 1.82) is 0 Å². The fourth-order valence-corrected chi connectivity index (χ4v) is 6.42. The molecule has 0 fully saturated rings. The summed E-state index contributed by atoms with van der Waals surface area (Å²) in [7, 11) is 0. The van der Waals surface area contributed by atoms with Gasteiger partial charge in [-0.1, -0.05) is 88.4 Å². The van der Waals surface area contributed by atoms with Crippen LogP contribution in [0, 0.1) is 0 Å². The summed E-state index contributed by atoms with van der Waals surface area (Å²) in [6.07, 6.45) is 0. The minimum atomic E-state index is -0.277. The second-order valence-corrected chi connectivity index (χ2v) is 11.8. The van der Waals surface area contributed by atoms with E-state index in [1.165, 1.54) is 4.90 Å². The van der Waals surface area contributed by atoms with Crippen molar-refractivity contribution in [3.8, 4) is 0 Å². The van der Waals surface area contributed by atoms with E-state index >= 15 is 0 Å². The van der Waals surface area contributed by atoms with Crippen molar-refractivity contribution in [1.82, 2.24) is 0 Å². The number of imide groups is 1. The predicted molar refractivity (Wildman–Crippen MR) is 175 cm³/mol. The molecule has 212 valence electrons. The van der Waals surface area contributed by atoms with Crippen LogP contribution in [0.25, 0.3) is 0 Å². The van der Waals surface area contributed by atoms with Crippen LogP contribution >= 0.6 is 0 Å². The first kappa shape index (κ1) is 26.7. The molecule has 0 aromatic heterocycles. The molecule has 0 N–H and O–H groups in total. The van der Waals surface area contributed by atoms with E-state index in [4.69, 9.17) is 0 Å². The quantitative estimate of drug-likeness (QED) is 0.196. The molecule has 5 heteroatoms. The summed E-state index contributed by atoms with van der Waals surface area (Å²) in [6, 6.07) is 38.6. The molecule has 0 aliphatic carbocycles. The van der Waals surface area contributed by atoms with Crippen molar-refractivity contribution in [3.05, 3.63) is 138 Å². The van der Waals surface area contributed by atoms with E-state index in [2.05, 4.69) is 73.9 Å². The first-order valence-electron chi connectivity index (χ1n) is 14.9. The third kappa shape index (κ3) is 4.15. The van der Waals surface area contributed by atoms with Crippen LogP contribution in [0.15, 0.2) is 115 Å². The van der Waals surface area contributed by atoms with Gasteiger partial charge in [0, 0.05) is 11.4 Å². The lowest BCUT2D eigenvalue weighted by molar-refractivity contribution is 0.0925. The Labute approximate surface area is 252 Å². The number of hydrogen-bond donors (Lipinski definition) is 0. The van der Waals surface area contributed by atoms with Crippen LogP contribution < -0.4 is 14.7 Å². The maximum atomic E-state index is 14.2. The Bertz CT molecular complexity index is 1820. The minimum Gasteiger partial charge on any atom is -0.306 e. The molecule has 0 bridgehead atoms. The largest absolute Gasteiger partial charge is 0.306 e. The Hall–Kier alpha value is -5.16. The van der Waals surface area contributed by atoms with Crippen molar-refractivity contribution < 1.29 is 9.59 Å². The molecule has 7 rings (SSSR count). The van der Waals surface area contributed by atoms with Crippen molar-refractivity contribution in [2.75, 3.05) is 14.7 Å². The normalized spacial score (nSPS) is 14.0. The second kappa shape index (κ2) is 10.3. The number of anilines is 7. The third-order valence-corrected chi connectivity index (χ3v) is 8.44. The van der Waals surface area contributed by atoms with E-state index in [9.17, 15) is 9.59 Å². The molecule has 0 saturated carbocycles. The first-order chi connectivity index (χ1) is 20.9. The van der Waals surface area contributed by atoms with Gasteiger partial charge in [-0.05, 0) is 77.6 Å². The van der Waals surface area contributed by atoms with Crippen LogP contribution in [0.2, 0.25) is 0 Å². The zero-order valence-electron chi connectivity index (χ0n) is 24.8. The highest BCUT2D eigenvalue weighted by molar-refractivity contribution is 6.35. The summed E-state index contributed by atoms with van der Waals surface area (Å²) in [6.45, 7) is 8.40. The molecule has 5 aromatic rings. The first-order valence-corrected chi connectivity index (χ1v) is 14.9. The Kier molecular flexibility index (Phi) is 6.39. The fourth-order valence-electron chi connectivity index (χ4n) is 6.42. The lowest BCUT2D eigenvalue weighted by Crippen LogP contribution is -2.31. The fraction of sp³-hybridized carbons (Fsp3) is 0.158. The molecule has 0 unspecified atom stereocenters. The van der Waals surface area contributed by atoms with Gasteiger partial charge in [0.05, 0.1) is 39.6 Å². The highest BCUT2D eigenvalue weighted by Crippen LogP contribution is 2.54. The molecule has 0 spiro atoms. The number of carbonyl (C=O) groups is 2. The molecular formula is C38H33N3O2. The number of carbonyl (C=O) groups excluding carboxylic acids is 2. The molecule has 5 aromatic carbocycles. The standard InChI is InChI=1S/C38H33N3O2/c1-24(2)28-15-12-16-29(25(3)4)36(28)41-37(42)30-22-21-27(23-31(30)38(41)43)40-34-19-10-8-17-32(34)39(26-13-6-5-7-14-26)33-18-9-11-20-35(33)40/h5-25H,1-4H3. The van der Waals surface area contributed by atoms with Gasteiger partial charge in [-0.25, -0.2) is 4.90 Å². The Morgan fingerprint density at radius 2 is 0.907 bits per heavy atom. The predicted octanol–water partition coefficient (Wildman–Crippen LogP) is 9.99. The van der Waals surface area contributed by atoms with Gasteiger partial charge in [-0.2, -0.15) is 0 Å². The molecule has 2 heterocycles. The summed E-state index contributed by atoms with van der Waals surface area (Å²) < 4.78 is 0. The minimum absolute atomic E-state index is 0.155. The number of amides is 2. The Morgan fingerprint density at radius 1 is 0.442 bits per heavy atom. The molecule has 2 amide bonds. The number of benzene rings is 5. The van der Waals surface area contributed by atoms with Gasteiger partial charge in [0.1, 0.15) is 0 Å². The zero-order valence-corrected chi connectivity index (χ0v) is 24.8. The monoisotopic (exact) mass is 563 g/mol. The van der Waals surface area contributed by atoms with Gasteiger partial charge >= 0.3 is 0 Å². The third-order valence-electron chi connectivity index (χ3n) is 8.44. The summed E-state index contributed by atoms with van der Waals surface area (Å²) in [4.78, 5) is 34.0. The summed E-state index contributed by atoms with van der Waals surface area (Å²) >= 11 is 0. The number of nitrogens with zero attached hydrogens (tertiary/aromatic N) is 3. The van der Waals surface area contributed by atoms with E-state index < -0.39 is 0 Å². The van der Waals surface area contributed by atoms with Crippen LogP contribution in [-0.4, -0.2) is 11.8 Å². The van der Waals surface area contributed by atoms with E-state index in [0.717, 1.165) is 50.9 Å². The SMILES string of the molecule is CC(C)c1cccc(C(C)C)c1N1C(=O)c2ccc(N3c4ccccc4N(c4ccccc4)c4ccccc43)cc2C1=O. The maximum absolute atomic E-state index is 14.2. The lowest BCUT2D eigenvalue weighted by atomic mass is 9.92. The molecule has 0 saturated heterocycles. The Balaban J connectivity index is 1.37. The molecule has 5 nitrogen and oxygen atoms in total. The maximum Gasteiger partial charge on any atom is 0.266 e. The molecule has 0 atom stereocenters. The number of rotatable bonds is 5. The highest BCUT2D eigenvalue weighted by Gasteiger charge is 2.40. The summed E-state index contributed by atoms with van der Waals surface area (Å²) in [5.41, 5.74) is 9.54. The van der Waals surface area contributed by atoms with Crippen molar-refractivity contribution in [2.24, 2.45) is 0 Å². The van der Waals surface area contributed by atoms with Gasteiger partial charge in [-0.15, -0.1) is 0 Å². The summed E-state index contributed by atoms with van der Waals surface area (Å²) in [5.74, 6) is -0.234. The van der Waals surface area contributed by atoms with Crippen molar-refractivity contribution in [3.63, 3.8) is 0 Å². The number of fused-ring (bicyclic) bond motifs is 3. The number of para-hydroxylation sites is 6. The lowest BCUT2D eigenvalue weighted by Gasteiger charge is -2.40. The van der Waals surface area contributed by atoms with Crippen LogP contribution in [0.1, 0.15) is 71.4 Å². The van der Waals surface area contributed by atoms with Gasteiger partial charge in [0.15, 0.2) is 0 Å². The van der Waals surface area contributed by atoms with Crippen LogP contribution in [0.5, 0.6) is 0 Å². The van der Waals surface area contributed by atoms with Crippen LogP contribution in [0.3, 0.4) is 0 Å². The van der Waals surface area contributed by atoms with Gasteiger partial charge < -0.3 is 9.80 Å². The molecule has 2 aliphatic heterocycles. The average Bonchev–Trinajstić information content (AvgIpc) is 3.27.